The van der Waals surface area contributed by atoms with E-state index in [0.29, 0.717) is 18.0 Å². The number of fused-ring (bicyclic) bond motifs is 1. The molecule has 1 N–H and O–H groups in total. The van der Waals surface area contributed by atoms with Crippen LogP contribution in [-0.2, 0) is 6.54 Å². The maximum absolute atomic E-state index is 11.1. The number of carbonyl (C=O) groups is 1. The molecule has 0 aliphatic heterocycles. The van der Waals surface area contributed by atoms with Gasteiger partial charge in [0.15, 0.2) is 0 Å². The summed E-state index contributed by atoms with van der Waals surface area (Å²) < 4.78 is 6.98. The summed E-state index contributed by atoms with van der Waals surface area (Å²) in [5, 5.41) is 9.94. The van der Waals surface area contributed by atoms with E-state index in [1.807, 2.05) is 25.1 Å². The molecule has 0 fully saturated rings. The molecule has 4 nitrogen and oxygen atoms in total. The van der Waals surface area contributed by atoms with Crippen LogP contribution in [0.5, 0.6) is 5.75 Å². The lowest BCUT2D eigenvalue weighted by Gasteiger charge is -2.05. The van der Waals surface area contributed by atoms with Gasteiger partial charge in [-0.2, -0.15) is 0 Å². The maximum atomic E-state index is 11.1. The van der Waals surface area contributed by atoms with Gasteiger partial charge in [0.1, 0.15) is 11.4 Å². The molecule has 0 atom stereocenters. The van der Waals surface area contributed by atoms with Crippen molar-refractivity contribution >= 4 is 16.9 Å². The predicted octanol–water partition coefficient (Wildman–Crippen LogP) is 2.37. The van der Waals surface area contributed by atoms with Crippen molar-refractivity contribution in [2.45, 2.75) is 13.5 Å². The summed E-state index contributed by atoms with van der Waals surface area (Å²) in [6, 6.07) is 7.24. The minimum Gasteiger partial charge on any atom is -0.496 e. The van der Waals surface area contributed by atoms with Gasteiger partial charge in [0.25, 0.3) is 0 Å². The van der Waals surface area contributed by atoms with E-state index in [9.17, 15) is 4.79 Å². The molecular weight excluding hydrogens is 206 g/mol. The molecule has 1 heterocycles. The smallest absolute Gasteiger partial charge is 0.352 e. The molecule has 0 amide bonds. The molecular formula is C12H13NO3. The first-order valence-corrected chi connectivity index (χ1v) is 5.08. The molecule has 0 spiro atoms. The Morgan fingerprint density at radius 2 is 2.25 bits per heavy atom. The first kappa shape index (κ1) is 10.5. The van der Waals surface area contributed by atoms with E-state index in [1.54, 1.807) is 17.7 Å². The van der Waals surface area contributed by atoms with Crippen LogP contribution in [-0.4, -0.2) is 22.8 Å². The van der Waals surface area contributed by atoms with Crippen molar-refractivity contribution < 1.29 is 14.6 Å². The molecule has 0 unspecified atom stereocenters. The number of rotatable bonds is 3. The third-order valence-corrected chi connectivity index (χ3v) is 2.66. The van der Waals surface area contributed by atoms with Crippen LogP contribution in [0, 0.1) is 0 Å². The number of hydrogen-bond acceptors (Lipinski definition) is 2. The van der Waals surface area contributed by atoms with Crippen molar-refractivity contribution in [2.24, 2.45) is 0 Å². The van der Waals surface area contributed by atoms with E-state index in [0.717, 1.165) is 10.9 Å². The second-order valence-electron chi connectivity index (χ2n) is 3.47. The SMILES string of the molecule is CCn1c(C(=O)O)cc2c(OC)cccc21. The molecule has 2 rings (SSSR count). The fourth-order valence-corrected chi connectivity index (χ4v) is 1.95. The normalized spacial score (nSPS) is 10.6. The van der Waals surface area contributed by atoms with Crippen molar-refractivity contribution in [3.63, 3.8) is 0 Å². The van der Waals surface area contributed by atoms with Gasteiger partial charge in [-0.25, -0.2) is 4.79 Å². The van der Waals surface area contributed by atoms with Gasteiger partial charge in [0, 0.05) is 11.9 Å². The Bertz CT molecular complexity index is 542. The number of aromatic nitrogens is 1. The van der Waals surface area contributed by atoms with E-state index < -0.39 is 5.97 Å². The summed E-state index contributed by atoms with van der Waals surface area (Å²) in [5.74, 6) is -0.215. The number of ether oxygens (including phenoxy) is 1. The summed E-state index contributed by atoms with van der Waals surface area (Å²) in [5.41, 5.74) is 1.18. The number of aromatic carboxylic acids is 1. The van der Waals surface area contributed by atoms with Crippen LogP contribution < -0.4 is 4.74 Å². The van der Waals surface area contributed by atoms with E-state index in [2.05, 4.69) is 0 Å². The Morgan fingerprint density at radius 3 is 2.81 bits per heavy atom. The minimum atomic E-state index is -0.917. The van der Waals surface area contributed by atoms with Crippen molar-refractivity contribution in [3.8, 4) is 5.75 Å². The van der Waals surface area contributed by atoms with E-state index in [4.69, 9.17) is 9.84 Å². The Kier molecular flexibility index (Phi) is 2.56. The lowest BCUT2D eigenvalue weighted by molar-refractivity contribution is 0.0686. The molecule has 1 aromatic carbocycles. The number of nitrogens with zero attached hydrogens (tertiary/aromatic N) is 1. The maximum Gasteiger partial charge on any atom is 0.352 e. The summed E-state index contributed by atoms with van der Waals surface area (Å²) in [7, 11) is 1.58. The quantitative estimate of drug-likeness (QED) is 0.862. The Hall–Kier alpha value is -1.97. The molecule has 0 bridgehead atoms. The zero-order chi connectivity index (χ0) is 11.7. The van der Waals surface area contributed by atoms with E-state index in [1.165, 1.54) is 0 Å². The predicted molar refractivity (Wildman–Crippen MR) is 61.1 cm³/mol. The van der Waals surface area contributed by atoms with E-state index >= 15 is 0 Å². The van der Waals surface area contributed by atoms with Crippen LogP contribution in [0.2, 0.25) is 0 Å². The summed E-state index contributed by atoms with van der Waals surface area (Å²) >= 11 is 0. The fraction of sp³-hybridized carbons (Fsp3) is 0.250. The molecule has 0 radical (unpaired) electrons. The average molecular weight is 219 g/mol. The number of methoxy groups -OCH3 is 1. The van der Waals surface area contributed by atoms with Gasteiger partial charge >= 0.3 is 5.97 Å². The Morgan fingerprint density at radius 1 is 1.50 bits per heavy atom. The van der Waals surface area contributed by atoms with Gasteiger partial charge < -0.3 is 14.4 Å². The minimum absolute atomic E-state index is 0.294. The standard InChI is InChI=1S/C12H13NO3/c1-3-13-9-5-4-6-11(16-2)8(9)7-10(13)12(14)15/h4-7H,3H2,1-2H3,(H,14,15). The zero-order valence-corrected chi connectivity index (χ0v) is 9.23. The molecule has 84 valence electrons. The molecule has 0 saturated carbocycles. The van der Waals surface area contributed by atoms with Crippen LogP contribution >= 0.6 is 0 Å². The molecule has 0 saturated heterocycles. The summed E-state index contributed by atoms with van der Waals surface area (Å²) in [6.07, 6.45) is 0. The van der Waals surface area contributed by atoms with Crippen molar-refractivity contribution in [1.82, 2.24) is 4.57 Å². The highest BCUT2D eigenvalue weighted by molar-refractivity contribution is 5.97. The fourth-order valence-electron chi connectivity index (χ4n) is 1.95. The van der Waals surface area contributed by atoms with Gasteiger partial charge in [-0.05, 0) is 25.1 Å². The number of aryl methyl sites for hydroxylation is 1. The highest BCUT2D eigenvalue weighted by Gasteiger charge is 2.15. The lowest BCUT2D eigenvalue weighted by atomic mass is 10.2. The van der Waals surface area contributed by atoms with Crippen LogP contribution in [0.3, 0.4) is 0 Å². The second-order valence-corrected chi connectivity index (χ2v) is 3.47. The highest BCUT2D eigenvalue weighted by Crippen LogP contribution is 2.28. The average Bonchev–Trinajstić information content (AvgIpc) is 2.67. The number of benzene rings is 1. The van der Waals surface area contributed by atoms with Gasteiger partial charge in [-0.15, -0.1) is 0 Å². The Balaban J connectivity index is 2.80. The molecule has 16 heavy (non-hydrogen) atoms. The third kappa shape index (κ3) is 1.43. The molecule has 0 aliphatic rings. The summed E-state index contributed by atoms with van der Waals surface area (Å²) in [4.78, 5) is 11.1. The van der Waals surface area contributed by atoms with Gasteiger partial charge in [0.05, 0.1) is 12.6 Å². The largest absolute Gasteiger partial charge is 0.496 e. The monoisotopic (exact) mass is 219 g/mol. The van der Waals surface area contributed by atoms with Crippen LogP contribution in [0.1, 0.15) is 17.4 Å². The number of hydrogen-bond donors (Lipinski definition) is 1. The zero-order valence-electron chi connectivity index (χ0n) is 9.23. The van der Waals surface area contributed by atoms with Crippen LogP contribution in [0.4, 0.5) is 0 Å². The van der Waals surface area contributed by atoms with Gasteiger partial charge in [-0.1, -0.05) is 6.07 Å². The van der Waals surface area contributed by atoms with E-state index in [-0.39, 0.29) is 0 Å². The lowest BCUT2D eigenvalue weighted by Crippen LogP contribution is -2.06. The molecule has 1 aromatic heterocycles. The van der Waals surface area contributed by atoms with Gasteiger partial charge in [0.2, 0.25) is 0 Å². The summed E-state index contributed by atoms with van der Waals surface area (Å²) in [6.45, 7) is 2.55. The van der Waals surface area contributed by atoms with Crippen molar-refractivity contribution in [2.75, 3.05) is 7.11 Å². The van der Waals surface area contributed by atoms with Crippen molar-refractivity contribution in [1.29, 1.82) is 0 Å². The third-order valence-electron chi connectivity index (χ3n) is 2.66. The van der Waals surface area contributed by atoms with Crippen molar-refractivity contribution in [3.05, 3.63) is 30.0 Å². The highest BCUT2D eigenvalue weighted by atomic mass is 16.5. The Labute approximate surface area is 93.1 Å². The number of carboxylic acid groups (broad SMARTS) is 1. The van der Waals surface area contributed by atoms with Crippen LogP contribution in [0.15, 0.2) is 24.3 Å². The molecule has 4 heteroatoms. The van der Waals surface area contributed by atoms with Crippen LogP contribution in [0.25, 0.3) is 10.9 Å². The number of carboxylic acids is 1. The topological polar surface area (TPSA) is 51.5 Å². The molecule has 0 aliphatic carbocycles. The first-order chi connectivity index (χ1) is 7.69. The van der Waals surface area contributed by atoms with Gasteiger partial charge in [-0.3, -0.25) is 0 Å². The first-order valence-electron chi connectivity index (χ1n) is 5.08. The second kappa shape index (κ2) is 3.89. The molecule has 2 aromatic rings.